The molecule has 1 atom stereocenters. The number of fused-ring (bicyclic) bond motifs is 1. The van der Waals surface area contributed by atoms with E-state index in [1.165, 1.54) is 0 Å². The van der Waals surface area contributed by atoms with Crippen LogP contribution in [0.4, 0.5) is 0 Å². The molecule has 1 saturated heterocycles. The maximum absolute atomic E-state index is 13.5. The lowest BCUT2D eigenvalue weighted by molar-refractivity contribution is 0.0497. The first-order chi connectivity index (χ1) is 13.7. The summed E-state index contributed by atoms with van der Waals surface area (Å²) in [7, 11) is 3.57. The average Bonchev–Trinajstić information content (AvgIpc) is 3.35. The number of carbonyl (C=O) groups is 1. The van der Waals surface area contributed by atoms with E-state index in [0.29, 0.717) is 18.8 Å². The molecule has 3 heterocycles. The SMILES string of the molecule is COc1ccc2c(c1)cc(C(=O)N(Cc1ccccn1)CC1CCCO1)n2C. The van der Waals surface area contributed by atoms with Crippen LogP contribution in [-0.4, -0.2) is 46.7 Å². The van der Waals surface area contributed by atoms with Crippen LogP contribution in [0.15, 0.2) is 48.7 Å². The van der Waals surface area contributed by atoms with E-state index < -0.39 is 0 Å². The molecule has 0 bridgehead atoms. The molecule has 1 aromatic carbocycles. The molecule has 1 unspecified atom stereocenters. The molecule has 0 radical (unpaired) electrons. The van der Waals surface area contributed by atoms with Crippen LogP contribution < -0.4 is 4.74 Å². The molecule has 6 heteroatoms. The van der Waals surface area contributed by atoms with Crippen molar-refractivity contribution >= 4 is 16.8 Å². The molecule has 0 spiro atoms. The fourth-order valence-electron chi connectivity index (χ4n) is 3.76. The highest BCUT2D eigenvalue weighted by Gasteiger charge is 2.26. The van der Waals surface area contributed by atoms with Crippen molar-refractivity contribution in [2.24, 2.45) is 7.05 Å². The molecule has 0 aliphatic carbocycles. The number of benzene rings is 1. The molecule has 146 valence electrons. The molecule has 1 aliphatic rings. The largest absolute Gasteiger partial charge is 0.497 e. The summed E-state index contributed by atoms with van der Waals surface area (Å²) in [5.41, 5.74) is 2.52. The molecule has 1 fully saturated rings. The molecule has 1 amide bonds. The quantitative estimate of drug-likeness (QED) is 0.659. The van der Waals surface area contributed by atoms with Crippen molar-refractivity contribution in [2.75, 3.05) is 20.3 Å². The molecule has 3 aromatic rings. The lowest BCUT2D eigenvalue weighted by Crippen LogP contribution is -2.38. The monoisotopic (exact) mass is 379 g/mol. The van der Waals surface area contributed by atoms with E-state index in [2.05, 4.69) is 4.98 Å². The molecular weight excluding hydrogens is 354 g/mol. The molecular formula is C22H25N3O3. The summed E-state index contributed by atoms with van der Waals surface area (Å²) >= 11 is 0. The Morgan fingerprint density at radius 3 is 2.93 bits per heavy atom. The van der Waals surface area contributed by atoms with Gasteiger partial charge in [-0.15, -0.1) is 0 Å². The zero-order valence-electron chi connectivity index (χ0n) is 16.3. The van der Waals surface area contributed by atoms with Gasteiger partial charge in [-0.25, -0.2) is 0 Å². The van der Waals surface area contributed by atoms with E-state index in [1.807, 2.05) is 59.0 Å². The fraction of sp³-hybridized carbons (Fsp3) is 0.364. The third-order valence-corrected chi connectivity index (χ3v) is 5.28. The van der Waals surface area contributed by atoms with Gasteiger partial charge in [0.15, 0.2) is 0 Å². The second-order valence-electron chi connectivity index (χ2n) is 7.16. The van der Waals surface area contributed by atoms with Crippen LogP contribution in [0.2, 0.25) is 0 Å². The lowest BCUT2D eigenvalue weighted by atomic mass is 10.2. The van der Waals surface area contributed by atoms with E-state index >= 15 is 0 Å². The minimum absolute atomic E-state index is 0.0150. The number of rotatable bonds is 6. The van der Waals surface area contributed by atoms with Crippen LogP contribution in [0.5, 0.6) is 5.75 Å². The van der Waals surface area contributed by atoms with Crippen molar-refractivity contribution in [3.8, 4) is 5.75 Å². The van der Waals surface area contributed by atoms with Crippen molar-refractivity contribution in [3.63, 3.8) is 0 Å². The first kappa shape index (κ1) is 18.5. The number of hydrogen-bond acceptors (Lipinski definition) is 4. The summed E-state index contributed by atoms with van der Waals surface area (Å²) < 4.78 is 13.0. The van der Waals surface area contributed by atoms with Crippen LogP contribution in [0.3, 0.4) is 0 Å². The molecule has 2 aromatic heterocycles. The number of aryl methyl sites for hydroxylation is 1. The summed E-state index contributed by atoms with van der Waals surface area (Å²) in [4.78, 5) is 19.7. The summed E-state index contributed by atoms with van der Waals surface area (Å²) in [5, 5.41) is 0.986. The number of ether oxygens (including phenoxy) is 2. The minimum atomic E-state index is -0.0150. The Bertz CT molecular complexity index is 962. The molecule has 1 aliphatic heterocycles. The maximum Gasteiger partial charge on any atom is 0.270 e. The molecule has 4 rings (SSSR count). The van der Waals surface area contributed by atoms with Gasteiger partial charge in [-0.2, -0.15) is 0 Å². The number of carbonyl (C=O) groups excluding carboxylic acids is 1. The predicted octanol–water partition coefficient (Wildman–Crippen LogP) is 3.40. The van der Waals surface area contributed by atoms with Crippen molar-refractivity contribution in [1.29, 1.82) is 0 Å². The van der Waals surface area contributed by atoms with Crippen molar-refractivity contribution in [3.05, 3.63) is 60.0 Å². The van der Waals surface area contributed by atoms with E-state index in [0.717, 1.165) is 41.8 Å². The normalized spacial score (nSPS) is 16.4. The zero-order chi connectivity index (χ0) is 19.5. The topological polar surface area (TPSA) is 56.6 Å². The lowest BCUT2D eigenvalue weighted by Gasteiger charge is -2.25. The standard InChI is InChI=1S/C22H25N3O3/c1-24-20-9-8-18(27-2)12-16(20)13-21(24)22(26)25(15-19-7-5-11-28-19)14-17-6-3-4-10-23-17/h3-4,6,8-10,12-13,19H,5,7,11,14-15H2,1-2H3. The number of nitrogens with zero attached hydrogens (tertiary/aromatic N) is 3. The van der Waals surface area contributed by atoms with Gasteiger partial charge in [-0.1, -0.05) is 6.07 Å². The highest BCUT2D eigenvalue weighted by atomic mass is 16.5. The van der Waals surface area contributed by atoms with Crippen molar-refractivity contribution < 1.29 is 14.3 Å². The highest BCUT2D eigenvalue weighted by molar-refractivity contribution is 5.99. The van der Waals surface area contributed by atoms with E-state index in [-0.39, 0.29) is 12.0 Å². The summed E-state index contributed by atoms with van der Waals surface area (Å²) in [5.74, 6) is 0.764. The minimum Gasteiger partial charge on any atom is -0.497 e. The number of amides is 1. The Morgan fingerprint density at radius 1 is 1.32 bits per heavy atom. The number of pyridine rings is 1. The third-order valence-electron chi connectivity index (χ3n) is 5.28. The van der Waals surface area contributed by atoms with Crippen LogP contribution in [0, 0.1) is 0 Å². The van der Waals surface area contributed by atoms with Gasteiger partial charge in [-0.05, 0) is 49.2 Å². The third kappa shape index (κ3) is 3.73. The maximum atomic E-state index is 13.5. The number of methoxy groups -OCH3 is 1. The predicted molar refractivity (Wildman–Crippen MR) is 107 cm³/mol. The van der Waals surface area contributed by atoms with Crippen LogP contribution in [0.1, 0.15) is 29.0 Å². The highest BCUT2D eigenvalue weighted by Crippen LogP contribution is 2.25. The van der Waals surface area contributed by atoms with Gasteiger partial charge in [0.1, 0.15) is 11.4 Å². The van der Waals surface area contributed by atoms with Gasteiger partial charge in [0.2, 0.25) is 0 Å². The fourth-order valence-corrected chi connectivity index (χ4v) is 3.76. The smallest absolute Gasteiger partial charge is 0.270 e. The first-order valence-corrected chi connectivity index (χ1v) is 9.60. The average molecular weight is 379 g/mol. The second kappa shape index (κ2) is 8.02. The number of aromatic nitrogens is 2. The van der Waals surface area contributed by atoms with Crippen LogP contribution >= 0.6 is 0 Å². The summed E-state index contributed by atoms with van der Waals surface area (Å²) in [6.07, 6.45) is 3.87. The van der Waals surface area contributed by atoms with E-state index in [1.54, 1.807) is 13.3 Å². The zero-order valence-corrected chi connectivity index (χ0v) is 16.3. The Kier molecular flexibility index (Phi) is 5.30. The Balaban J connectivity index is 1.65. The van der Waals surface area contributed by atoms with Gasteiger partial charge in [0.05, 0.1) is 25.5 Å². The van der Waals surface area contributed by atoms with Gasteiger partial charge in [0, 0.05) is 37.3 Å². The van der Waals surface area contributed by atoms with E-state index in [9.17, 15) is 4.79 Å². The summed E-state index contributed by atoms with van der Waals surface area (Å²) in [6, 6.07) is 13.6. The Morgan fingerprint density at radius 2 is 2.21 bits per heavy atom. The van der Waals surface area contributed by atoms with Gasteiger partial charge in [0.25, 0.3) is 5.91 Å². The second-order valence-corrected chi connectivity index (χ2v) is 7.16. The Labute approximate surface area is 164 Å². The number of hydrogen-bond donors (Lipinski definition) is 0. The van der Waals surface area contributed by atoms with Gasteiger partial charge >= 0.3 is 0 Å². The first-order valence-electron chi connectivity index (χ1n) is 9.60. The summed E-state index contributed by atoms with van der Waals surface area (Å²) in [6.45, 7) is 1.80. The van der Waals surface area contributed by atoms with Crippen LogP contribution in [-0.2, 0) is 18.3 Å². The van der Waals surface area contributed by atoms with Gasteiger partial charge < -0.3 is 18.9 Å². The molecule has 0 saturated carbocycles. The Hall–Kier alpha value is -2.86. The van der Waals surface area contributed by atoms with Crippen molar-refractivity contribution in [1.82, 2.24) is 14.5 Å². The van der Waals surface area contributed by atoms with Crippen molar-refractivity contribution in [2.45, 2.75) is 25.5 Å². The van der Waals surface area contributed by atoms with Gasteiger partial charge in [-0.3, -0.25) is 9.78 Å². The van der Waals surface area contributed by atoms with E-state index in [4.69, 9.17) is 9.47 Å². The molecule has 28 heavy (non-hydrogen) atoms. The molecule has 6 nitrogen and oxygen atoms in total. The van der Waals surface area contributed by atoms with Crippen LogP contribution in [0.25, 0.3) is 10.9 Å². The molecule has 0 N–H and O–H groups in total.